The smallest absolute Gasteiger partial charge is 0.306 e. The van der Waals surface area contributed by atoms with Gasteiger partial charge in [-0.1, -0.05) is 288 Å². The topological polar surface area (TPSA) is 78.9 Å². The molecule has 0 N–H and O–H groups in total. The lowest BCUT2D eigenvalue weighted by Crippen LogP contribution is -2.30. The van der Waals surface area contributed by atoms with Gasteiger partial charge >= 0.3 is 17.9 Å². The van der Waals surface area contributed by atoms with Gasteiger partial charge in [-0.2, -0.15) is 0 Å². The highest BCUT2D eigenvalue weighted by molar-refractivity contribution is 5.71. The van der Waals surface area contributed by atoms with Crippen LogP contribution in [0.25, 0.3) is 0 Å². The molecule has 0 aliphatic heterocycles. The van der Waals surface area contributed by atoms with E-state index in [4.69, 9.17) is 14.2 Å². The normalized spacial score (nSPS) is 12.3. The summed E-state index contributed by atoms with van der Waals surface area (Å²) in [5, 5.41) is 0. The second-order valence-electron chi connectivity index (χ2n) is 20.2. The fourth-order valence-electron chi connectivity index (χ4n) is 8.85. The van der Waals surface area contributed by atoms with Crippen LogP contribution in [-0.4, -0.2) is 37.2 Å². The van der Waals surface area contributed by atoms with Crippen molar-refractivity contribution >= 4 is 17.9 Å². The van der Waals surface area contributed by atoms with E-state index >= 15 is 0 Å². The van der Waals surface area contributed by atoms with E-state index < -0.39 is 6.10 Å². The van der Waals surface area contributed by atoms with Crippen LogP contribution in [0.5, 0.6) is 0 Å². The summed E-state index contributed by atoms with van der Waals surface area (Å²) >= 11 is 0. The van der Waals surface area contributed by atoms with Crippen LogP contribution in [0.2, 0.25) is 0 Å². The second-order valence-corrected chi connectivity index (χ2v) is 20.2. The van der Waals surface area contributed by atoms with Gasteiger partial charge in [0, 0.05) is 19.3 Å². The first-order valence-corrected chi connectivity index (χ1v) is 30.1. The number of carbonyl (C=O) groups is 3. The average molecular weight is 968 g/mol. The fourth-order valence-corrected chi connectivity index (χ4v) is 8.85. The van der Waals surface area contributed by atoms with Crippen molar-refractivity contribution in [2.24, 2.45) is 0 Å². The Kier molecular flexibility index (Phi) is 55.7. The summed E-state index contributed by atoms with van der Waals surface area (Å²) in [4.78, 5) is 38.2. The molecule has 0 aromatic rings. The third-order valence-corrected chi connectivity index (χ3v) is 13.3. The molecule has 0 saturated heterocycles. The summed E-state index contributed by atoms with van der Waals surface area (Å²) in [6, 6.07) is 0. The highest BCUT2D eigenvalue weighted by atomic mass is 16.6. The molecule has 0 aliphatic rings. The van der Waals surface area contributed by atoms with Crippen LogP contribution < -0.4 is 0 Å². The summed E-state index contributed by atoms with van der Waals surface area (Å²) in [5.41, 5.74) is 0. The lowest BCUT2D eigenvalue weighted by Gasteiger charge is -2.18. The molecule has 0 aromatic heterocycles. The zero-order chi connectivity index (χ0) is 50.0. The highest BCUT2D eigenvalue weighted by Crippen LogP contribution is 2.17. The summed E-state index contributed by atoms with van der Waals surface area (Å²) in [7, 11) is 0. The zero-order valence-electron chi connectivity index (χ0n) is 46.1. The van der Waals surface area contributed by atoms with Crippen LogP contribution in [0.1, 0.15) is 316 Å². The van der Waals surface area contributed by atoms with Crippen LogP contribution in [-0.2, 0) is 28.6 Å². The van der Waals surface area contributed by atoms with E-state index in [1.54, 1.807) is 0 Å². The van der Waals surface area contributed by atoms with Crippen molar-refractivity contribution in [3.8, 4) is 0 Å². The van der Waals surface area contributed by atoms with Crippen molar-refractivity contribution in [2.45, 2.75) is 322 Å². The van der Waals surface area contributed by atoms with E-state index in [9.17, 15) is 14.4 Å². The molecule has 6 heteroatoms. The Morgan fingerprint density at radius 3 is 0.884 bits per heavy atom. The molecule has 1 atom stereocenters. The minimum absolute atomic E-state index is 0.0787. The molecule has 1 unspecified atom stereocenters. The van der Waals surface area contributed by atoms with Gasteiger partial charge in [0.15, 0.2) is 6.10 Å². The lowest BCUT2D eigenvalue weighted by molar-refractivity contribution is -0.167. The Hall–Kier alpha value is -2.63. The van der Waals surface area contributed by atoms with Crippen LogP contribution >= 0.6 is 0 Å². The Morgan fingerprint density at radius 2 is 0.565 bits per heavy atom. The maximum atomic E-state index is 12.9. The summed E-state index contributed by atoms with van der Waals surface area (Å²) in [6.07, 6.45) is 71.1. The molecule has 0 saturated carbocycles. The second kappa shape index (κ2) is 57.9. The van der Waals surface area contributed by atoms with Crippen molar-refractivity contribution in [2.75, 3.05) is 13.2 Å². The summed E-state index contributed by atoms with van der Waals surface area (Å²) in [6.45, 7) is 6.55. The van der Waals surface area contributed by atoms with Crippen molar-refractivity contribution in [3.63, 3.8) is 0 Å². The van der Waals surface area contributed by atoms with Gasteiger partial charge in [0.25, 0.3) is 0 Å². The molecular weight excluding hydrogens is 853 g/mol. The number of allylic oxidation sites excluding steroid dienone is 8. The molecule has 0 aliphatic carbocycles. The maximum Gasteiger partial charge on any atom is 0.306 e. The first-order chi connectivity index (χ1) is 34.0. The third-order valence-electron chi connectivity index (χ3n) is 13.3. The van der Waals surface area contributed by atoms with Crippen molar-refractivity contribution in [1.82, 2.24) is 0 Å². The Morgan fingerprint density at radius 1 is 0.304 bits per heavy atom. The summed E-state index contributed by atoms with van der Waals surface area (Å²) in [5.74, 6) is -0.884. The SMILES string of the molecule is CC/C=C\C/C=C\C/C=C\C/C=C\CCCCCCC(=O)OC(COC(=O)CCCCCCCCCCCCCCC)COC(=O)CCCCCCCCCCCCCCCCCCCCCCC. The standard InChI is InChI=1S/C63H114O6/c1-4-7-10-13-16-19-22-25-27-29-30-31-32-34-35-38-41-44-47-50-53-56-62(65)68-59-60(58-67-61(64)55-52-49-46-43-40-37-24-21-18-15-12-9-6-3)69-63(66)57-54-51-48-45-42-39-36-33-28-26-23-20-17-14-11-8-5-2/h8,11,17,20,26,28,36,39,60H,4-7,9-10,12-16,18-19,21-25,27,29-35,37-38,40-59H2,1-3H3/b11-8-,20-17-,28-26-,39-36-. The molecule has 0 amide bonds. The van der Waals surface area contributed by atoms with Gasteiger partial charge in [0.05, 0.1) is 0 Å². The maximum absolute atomic E-state index is 12.9. The predicted molar refractivity (Wildman–Crippen MR) is 298 cm³/mol. The van der Waals surface area contributed by atoms with Crippen LogP contribution in [0.3, 0.4) is 0 Å². The van der Waals surface area contributed by atoms with Gasteiger partial charge in [-0.05, 0) is 57.8 Å². The number of esters is 3. The van der Waals surface area contributed by atoms with Crippen LogP contribution in [0.4, 0.5) is 0 Å². The Bertz CT molecular complexity index is 1200. The Balaban J connectivity index is 4.32. The van der Waals surface area contributed by atoms with Crippen molar-refractivity contribution < 1.29 is 28.6 Å². The predicted octanol–water partition coefficient (Wildman–Crippen LogP) is 20.2. The molecule has 6 nitrogen and oxygen atoms in total. The van der Waals surface area contributed by atoms with E-state index in [0.717, 1.165) is 96.3 Å². The van der Waals surface area contributed by atoms with E-state index in [2.05, 4.69) is 69.4 Å². The number of hydrogen-bond acceptors (Lipinski definition) is 6. The number of unbranched alkanes of at least 4 members (excludes halogenated alkanes) is 36. The molecule has 0 aromatic carbocycles. The molecule has 69 heavy (non-hydrogen) atoms. The number of ether oxygens (including phenoxy) is 3. The molecule has 0 radical (unpaired) electrons. The van der Waals surface area contributed by atoms with Crippen LogP contribution in [0.15, 0.2) is 48.6 Å². The quantitative estimate of drug-likeness (QED) is 0.0262. The molecule has 0 heterocycles. The van der Waals surface area contributed by atoms with Gasteiger partial charge in [-0.25, -0.2) is 0 Å². The first-order valence-electron chi connectivity index (χ1n) is 30.1. The molecule has 0 bridgehead atoms. The monoisotopic (exact) mass is 967 g/mol. The van der Waals surface area contributed by atoms with Crippen molar-refractivity contribution in [1.29, 1.82) is 0 Å². The van der Waals surface area contributed by atoms with Crippen molar-refractivity contribution in [3.05, 3.63) is 48.6 Å². The first kappa shape index (κ1) is 66.4. The number of rotatable bonds is 55. The largest absolute Gasteiger partial charge is 0.462 e. The van der Waals surface area contributed by atoms with E-state index in [1.165, 1.54) is 180 Å². The number of hydrogen-bond donors (Lipinski definition) is 0. The third kappa shape index (κ3) is 56.2. The van der Waals surface area contributed by atoms with Gasteiger partial charge in [0.1, 0.15) is 13.2 Å². The highest BCUT2D eigenvalue weighted by Gasteiger charge is 2.19. The van der Waals surface area contributed by atoms with E-state index in [-0.39, 0.29) is 31.1 Å². The molecule has 402 valence electrons. The fraction of sp³-hybridized carbons (Fsp3) is 0.825. The van der Waals surface area contributed by atoms with E-state index in [0.29, 0.717) is 19.3 Å². The van der Waals surface area contributed by atoms with Crippen LogP contribution in [0, 0.1) is 0 Å². The number of carbonyl (C=O) groups excluding carboxylic acids is 3. The van der Waals surface area contributed by atoms with Gasteiger partial charge < -0.3 is 14.2 Å². The lowest BCUT2D eigenvalue weighted by atomic mass is 10.0. The molecule has 0 fully saturated rings. The summed E-state index contributed by atoms with van der Waals surface area (Å²) < 4.78 is 16.9. The minimum atomic E-state index is -0.782. The van der Waals surface area contributed by atoms with Gasteiger partial charge in [-0.3, -0.25) is 14.4 Å². The average Bonchev–Trinajstić information content (AvgIpc) is 3.35. The van der Waals surface area contributed by atoms with E-state index in [1.807, 2.05) is 0 Å². The molecular formula is C63H114O6. The zero-order valence-corrected chi connectivity index (χ0v) is 46.1. The molecule has 0 spiro atoms. The van der Waals surface area contributed by atoms with Gasteiger partial charge in [-0.15, -0.1) is 0 Å². The Labute approximate surface area is 428 Å². The molecule has 0 rings (SSSR count). The van der Waals surface area contributed by atoms with Gasteiger partial charge in [0.2, 0.25) is 0 Å². The minimum Gasteiger partial charge on any atom is -0.462 e.